The third-order valence-electron chi connectivity index (χ3n) is 3.51. The fourth-order valence-corrected chi connectivity index (χ4v) is 2.32. The van der Waals surface area contributed by atoms with E-state index >= 15 is 0 Å². The van der Waals surface area contributed by atoms with Gasteiger partial charge in [0.2, 0.25) is 0 Å². The van der Waals surface area contributed by atoms with Crippen LogP contribution in [-0.4, -0.2) is 47.1 Å². The Kier molecular flexibility index (Phi) is 4.19. The molecule has 1 fully saturated rings. The molecule has 108 valence electrons. The van der Waals surface area contributed by atoms with Gasteiger partial charge in [0.05, 0.1) is 11.0 Å². The molecular weight excluding hydrogens is 264 g/mol. The summed E-state index contributed by atoms with van der Waals surface area (Å²) in [6, 6.07) is 4.12. The van der Waals surface area contributed by atoms with E-state index in [0.717, 1.165) is 19.4 Å². The van der Waals surface area contributed by atoms with Crippen molar-refractivity contribution in [2.75, 3.05) is 20.2 Å². The van der Waals surface area contributed by atoms with Crippen LogP contribution in [0.3, 0.4) is 0 Å². The largest absolute Gasteiger partial charge is 0.492 e. The second kappa shape index (κ2) is 5.87. The van der Waals surface area contributed by atoms with Gasteiger partial charge in [0.25, 0.3) is 5.69 Å². The van der Waals surface area contributed by atoms with Gasteiger partial charge in [0, 0.05) is 6.04 Å². The lowest BCUT2D eigenvalue weighted by atomic mass is 10.1. The van der Waals surface area contributed by atoms with Crippen molar-refractivity contribution in [1.29, 1.82) is 0 Å². The standard InChI is InChI=1S/C13H16N2O5/c1-14-6-2-3-9(14)8-20-10-4-5-11(13(16)17)12(7-10)15(18)19/h4-5,7,9H,2-3,6,8H2,1H3,(H,16,17)/t9-/m0/s1. The second-order valence-electron chi connectivity index (χ2n) is 4.83. The predicted octanol–water partition coefficient (Wildman–Crippen LogP) is 1.77. The maximum atomic E-state index is 10.9. The third kappa shape index (κ3) is 3.05. The lowest BCUT2D eigenvalue weighted by Gasteiger charge is -2.19. The summed E-state index contributed by atoms with van der Waals surface area (Å²) >= 11 is 0. The highest BCUT2D eigenvalue weighted by Gasteiger charge is 2.23. The Balaban J connectivity index is 2.11. The first-order valence-corrected chi connectivity index (χ1v) is 6.34. The lowest BCUT2D eigenvalue weighted by Crippen LogP contribution is -2.30. The van der Waals surface area contributed by atoms with Crippen LogP contribution in [0.4, 0.5) is 5.69 Å². The summed E-state index contributed by atoms with van der Waals surface area (Å²) in [5.41, 5.74) is -0.782. The molecule has 0 spiro atoms. The fourth-order valence-electron chi connectivity index (χ4n) is 2.32. The molecule has 0 unspecified atom stereocenters. The molecule has 1 heterocycles. The van der Waals surface area contributed by atoms with Gasteiger partial charge in [-0.1, -0.05) is 0 Å². The lowest BCUT2D eigenvalue weighted by molar-refractivity contribution is -0.385. The Morgan fingerprint density at radius 1 is 1.60 bits per heavy atom. The number of carboxylic acids is 1. The van der Waals surface area contributed by atoms with E-state index in [9.17, 15) is 14.9 Å². The quantitative estimate of drug-likeness (QED) is 0.652. The van der Waals surface area contributed by atoms with Gasteiger partial charge in [-0.3, -0.25) is 10.1 Å². The molecule has 0 saturated carbocycles. The first-order valence-electron chi connectivity index (χ1n) is 6.34. The van der Waals surface area contributed by atoms with Crippen LogP contribution in [0.5, 0.6) is 5.75 Å². The van der Waals surface area contributed by atoms with E-state index in [-0.39, 0.29) is 5.56 Å². The van der Waals surface area contributed by atoms with Crippen molar-refractivity contribution in [2.45, 2.75) is 18.9 Å². The van der Waals surface area contributed by atoms with E-state index in [1.165, 1.54) is 18.2 Å². The molecule has 20 heavy (non-hydrogen) atoms. The average Bonchev–Trinajstić information content (AvgIpc) is 2.81. The van der Waals surface area contributed by atoms with Crippen LogP contribution in [0.1, 0.15) is 23.2 Å². The molecular formula is C13H16N2O5. The van der Waals surface area contributed by atoms with Crippen molar-refractivity contribution in [3.8, 4) is 5.75 Å². The number of likely N-dealkylation sites (N-methyl/N-ethyl adjacent to an activating group) is 1. The summed E-state index contributed by atoms with van der Waals surface area (Å²) in [7, 11) is 2.01. The fraction of sp³-hybridized carbons (Fsp3) is 0.462. The zero-order valence-electron chi connectivity index (χ0n) is 11.1. The van der Waals surface area contributed by atoms with E-state index < -0.39 is 16.6 Å². The van der Waals surface area contributed by atoms with E-state index in [1.54, 1.807) is 0 Å². The first kappa shape index (κ1) is 14.3. The highest BCUT2D eigenvalue weighted by atomic mass is 16.6. The van der Waals surface area contributed by atoms with Crippen LogP contribution in [0.2, 0.25) is 0 Å². The SMILES string of the molecule is CN1CCC[C@H]1COc1ccc(C(=O)O)c([N+](=O)[O-])c1. The van der Waals surface area contributed by atoms with Gasteiger partial charge in [0.15, 0.2) is 0 Å². The second-order valence-corrected chi connectivity index (χ2v) is 4.83. The molecule has 7 nitrogen and oxygen atoms in total. The molecule has 1 N–H and O–H groups in total. The summed E-state index contributed by atoms with van der Waals surface area (Å²) in [6.07, 6.45) is 2.15. The van der Waals surface area contributed by atoms with Crippen LogP contribution >= 0.6 is 0 Å². The molecule has 0 bridgehead atoms. The minimum Gasteiger partial charge on any atom is -0.492 e. The number of ether oxygens (including phenoxy) is 1. The van der Waals surface area contributed by atoms with Gasteiger partial charge in [0.1, 0.15) is 17.9 Å². The zero-order valence-corrected chi connectivity index (χ0v) is 11.1. The Hall–Kier alpha value is -2.15. The summed E-state index contributed by atoms with van der Waals surface area (Å²) in [6.45, 7) is 1.46. The average molecular weight is 280 g/mol. The van der Waals surface area contributed by atoms with Crippen molar-refractivity contribution in [3.05, 3.63) is 33.9 Å². The van der Waals surface area contributed by atoms with Crippen molar-refractivity contribution >= 4 is 11.7 Å². The van der Waals surface area contributed by atoms with Gasteiger partial charge >= 0.3 is 5.97 Å². The summed E-state index contributed by atoms with van der Waals surface area (Å²) < 4.78 is 5.55. The normalized spacial score (nSPS) is 18.9. The number of nitro benzene ring substituents is 1. The van der Waals surface area contributed by atoms with Crippen molar-refractivity contribution in [3.63, 3.8) is 0 Å². The number of hydrogen-bond donors (Lipinski definition) is 1. The van der Waals surface area contributed by atoms with Crippen LogP contribution < -0.4 is 4.74 Å². The molecule has 1 aliphatic heterocycles. The van der Waals surface area contributed by atoms with Crippen LogP contribution in [0.25, 0.3) is 0 Å². The van der Waals surface area contributed by atoms with Gasteiger partial charge in [-0.25, -0.2) is 4.79 Å². The van der Waals surface area contributed by atoms with E-state index in [2.05, 4.69) is 4.90 Å². The first-order chi connectivity index (χ1) is 9.49. The topological polar surface area (TPSA) is 92.9 Å². The van der Waals surface area contributed by atoms with Gasteiger partial charge in [-0.15, -0.1) is 0 Å². The summed E-state index contributed by atoms with van der Waals surface area (Å²) in [5.74, 6) is -0.999. The highest BCUT2D eigenvalue weighted by molar-refractivity contribution is 5.92. The third-order valence-corrected chi connectivity index (χ3v) is 3.51. The van der Waals surface area contributed by atoms with Gasteiger partial charge in [-0.05, 0) is 38.6 Å². The molecule has 0 radical (unpaired) electrons. The number of rotatable bonds is 5. The Morgan fingerprint density at radius 3 is 2.90 bits per heavy atom. The summed E-state index contributed by atoms with van der Waals surface area (Å²) in [4.78, 5) is 23.2. The smallest absolute Gasteiger partial charge is 0.342 e. The number of carbonyl (C=O) groups is 1. The Morgan fingerprint density at radius 2 is 2.35 bits per heavy atom. The van der Waals surface area contributed by atoms with E-state index in [0.29, 0.717) is 18.4 Å². The molecule has 7 heteroatoms. The number of likely N-dealkylation sites (tertiary alicyclic amines) is 1. The van der Waals surface area contributed by atoms with E-state index in [1.807, 2.05) is 7.05 Å². The monoisotopic (exact) mass is 280 g/mol. The van der Waals surface area contributed by atoms with Crippen molar-refractivity contribution in [2.24, 2.45) is 0 Å². The predicted molar refractivity (Wildman–Crippen MR) is 71.2 cm³/mol. The van der Waals surface area contributed by atoms with Crippen molar-refractivity contribution < 1.29 is 19.6 Å². The van der Waals surface area contributed by atoms with Crippen LogP contribution in [0.15, 0.2) is 18.2 Å². The van der Waals surface area contributed by atoms with Crippen molar-refractivity contribution in [1.82, 2.24) is 4.90 Å². The highest BCUT2D eigenvalue weighted by Crippen LogP contribution is 2.25. The van der Waals surface area contributed by atoms with Crippen LogP contribution in [-0.2, 0) is 0 Å². The number of benzene rings is 1. The van der Waals surface area contributed by atoms with Gasteiger partial charge < -0.3 is 14.7 Å². The molecule has 0 aromatic heterocycles. The molecule has 0 aliphatic carbocycles. The molecule has 1 saturated heterocycles. The molecule has 0 amide bonds. The minimum absolute atomic E-state index is 0.299. The molecule has 1 aromatic rings. The number of aromatic carboxylic acids is 1. The number of carboxylic acid groups (broad SMARTS) is 1. The van der Waals surface area contributed by atoms with Gasteiger partial charge in [-0.2, -0.15) is 0 Å². The molecule has 2 rings (SSSR count). The van der Waals surface area contributed by atoms with E-state index in [4.69, 9.17) is 9.84 Å². The molecule has 1 atom stereocenters. The molecule has 1 aliphatic rings. The van der Waals surface area contributed by atoms with Crippen LogP contribution in [0, 0.1) is 10.1 Å². The number of nitrogens with zero attached hydrogens (tertiary/aromatic N) is 2. The molecule has 1 aromatic carbocycles. The maximum Gasteiger partial charge on any atom is 0.342 e. The Bertz CT molecular complexity index is 531. The minimum atomic E-state index is -1.32. The maximum absolute atomic E-state index is 10.9. The summed E-state index contributed by atoms with van der Waals surface area (Å²) in [5, 5.41) is 19.8. The number of nitro groups is 1. The number of hydrogen-bond acceptors (Lipinski definition) is 5. The Labute approximate surface area is 115 Å². The zero-order chi connectivity index (χ0) is 14.7.